The number of benzene rings is 3. The predicted octanol–water partition coefficient (Wildman–Crippen LogP) is 4.75. The highest BCUT2D eigenvalue weighted by Crippen LogP contribution is 2.24. The molecule has 3 aromatic carbocycles. The summed E-state index contributed by atoms with van der Waals surface area (Å²) in [5.74, 6) is 2.00. The zero-order chi connectivity index (χ0) is 23.4. The number of rotatable bonds is 12. The van der Waals surface area contributed by atoms with Crippen molar-refractivity contribution in [3.05, 3.63) is 78.9 Å². The highest BCUT2D eigenvalue weighted by Gasteiger charge is 2.16. The molecule has 1 atom stereocenters. The third-order valence-electron chi connectivity index (χ3n) is 5.28. The molecule has 1 saturated heterocycles. The lowest BCUT2D eigenvalue weighted by atomic mass is 10.2. The van der Waals surface area contributed by atoms with Gasteiger partial charge in [0.05, 0.1) is 18.3 Å². The Balaban J connectivity index is 1.19. The maximum atomic E-state index is 12.5. The second-order valence-corrected chi connectivity index (χ2v) is 7.88. The van der Waals surface area contributed by atoms with Crippen LogP contribution in [0.25, 0.3) is 0 Å². The molecule has 0 bridgehead atoms. The fourth-order valence-electron chi connectivity index (χ4n) is 3.53. The molecule has 7 nitrogen and oxygen atoms in total. The van der Waals surface area contributed by atoms with Crippen LogP contribution in [-0.2, 0) is 9.53 Å². The zero-order valence-electron chi connectivity index (χ0n) is 19.1. The Morgan fingerprint density at radius 1 is 0.853 bits per heavy atom. The van der Waals surface area contributed by atoms with Crippen LogP contribution >= 0.6 is 0 Å². The Kier molecular flexibility index (Phi) is 8.63. The van der Waals surface area contributed by atoms with E-state index in [1.165, 1.54) is 0 Å². The Bertz CT molecular complexity index is 1020. The minimum absolute atomic E-state index is 0.127. The molecule has 3 aromatic rings. The van der Waals surface area contributed by atoms with E-state index >= 15 is 0 Å². The van der Waals surface area contributed by atoms with Gasteiger partial charge in [-0.25, -0.2) is 0 Å². The monoisotopic (exact) mass is 462 g/mol. The Morgan fingerprint density at radius 3 is 2.38 bits per heavy atom. The van der Waals surface area contributed by atoms with Gasteiger partial charge in [-0.05, 0) is 61.4 Å². The van der Waals surface area contributed by atoms with E-state index in [9.17, 15) is 4.79 Å². The van der Waals surface area contributed by atoms with Gasteiger partial charge in [-0.2, -0.15) is 0 Å². The summed E-state index contributed by atoms with van der Waals surface area (Å²) in [7, 11) is 0. The van der Waals surface area contributed by atoms with Crippen molar-refractivity contribution < 1.29 is 23.7 Å². The fourth-order valence-corrected chi connectivity index (χ4v) is 3.53. The Labute approximate surface area is 200 Å². The van der Waals surface area contributed by atoms with Crippen molar-refractivity contribution in [1.29, 1.82) is 0 Å². The third kappa shape index (κ3) is 7.42. The summed E-state index contributed by atoms with van der Waals surface area (Å²) in [6.45, 7) is 2.28. The molecule has 7 heteroatoms. The molecule has 178 valence electrons. The molecule has 0 saturated carbocycles. The quantitative estimate of drug-likeness (QED) is 0.378. The molecule has 1 fully saturated rings. The number of amides is 1. The lowest BCUT2D eigenvalue weighted by Gasteiger charge is -2.14. The average Bonchev–Trinajstić information content (AvgIpc) is 3.40. The van der Waals surface area contributed by atoms with Crippen molar-refractivity contribution in [3.63, 3.8) is 0 Å². The standard InChI is InChI=1S/C27H30N2O5/c30-27(19-28-21-12-14-23(15-13-21)34-20-24-9-6-16-31-24)29-25-10-4-5-11-26(25)33-18-17-32-22-7-2-1-3-8-22/h1-5,7-8,10-15,24,28H,6,9,16-20H2,(H,29,30). The number of anilines is 2. The van der Waals surface area contributed by atoms with E-state index in [0.29, 0.717) is 31.3 Å². The molecule has 1 heterocycles. The molecular formula is C27H30N2O5. The number of hydrogen-bond donors (Lipinski definition) is 2. The highest BCUT2D eigenvalue weighted by atomic mass is 16.5. The zero-order valence-corrected chi connectivity index (χ0v) is 19.1. The SMILES string of the molecule is O=C(CNc1ccc(OCC2CCCO2)cc1)Nc1ccccc1OCCOc1ccccc1. The van der Waals surface area contributed by atoms with E-state index in [2.05, 4.69) is 10.6 Å². The van der Waals surface area contributed by atoms with Gasteiger partial charge in [0.1, 0.15) is 37.1 Å². The molecular weight excluding hydrogens is 432 g/mol. The van der Waals surface area contributed by atoms with Crippen LogP contribution in [0.1, 0.15) is 12.8 Å². The van der Waals surface area contributed by atoms with E-state index in [-0.39, 0.29) is 18.6 Å². The number of hydrogen-bond acceptors (Lipinski definition) is 6. The second kappa shape index (κ2) is 12.5. The molecule has 0 radical (unpaired) electrons. The van der Waals surface area contributed by atoms with E-state index in [1.807, 2.05) is 78.9 Å². The van der Waals surface area contributed by atoms with E-state index in [4.69, 9.17) is 18.9 Å². The summed E-state index contributed by atoms with van der Waals surface area (Å²) in [5, 5.41) is 6.02. The molecule has 0 spiro atoms. The van der Waals surface area contributed by atoms with Crippen molar-refractivity contribution in [2.75, 3.05) is 43.6 Å². The average molecular weight is 463 g/mol. The van der Waals surface area contributed by atoms with Crippen molar-refractivity contribution in [3.8, 4) is 17.2 Å². The second-order valence-electron chi connectivity index (χ2n) is 7.88. The smallest absolute Gasteiger partial charge is 0.243 e. The summed E-state index contributed by atoms with van der Waals surface area (Å²) in [5.41, 5.74) is 1.45. The van der Waals surface area contributed by atoms with E-state index in [0.717, 1.165) is 36.6 Å². The van der Waals surface area contributed by atoms with Crippen LogP contribution in [0, 0.1) is 0 Å². The predicted molar refractivity (Wildman–Crippen MR) is 132 cm³/mol. The van der Waals surface area contributed by atoms with Crippen LogP contribution in [-0.4, -0.2) is 45.0 Å². The van der Waals surface area contributed by atoms with Gasteiger partial charge in [0.2, 0.25) is 5.91 Å². The summed E-state index contributed by atoms with van der Waals surface area (Å²) < 4.78 is 22.8. The summed E-state index contributed by atoms with van der Waals surface area (Å²) in [6.07, 6.45) is 2.33. The molecule has 4 rings (SSSR count). The van der Waals surface area contributed by atoms with Gasteiger partial charge in [-0.3, -0.25) is 4.79 Å². The summed E-state index contributed by atoms with van der Waals surface area (Å²) in [4.78, 5) is 12.5. The number of ether oxygens (including phenoxy) is 4. The van der Waals surface area contributed by atoms with Crippen LogP contribution in [0.5, 0.6) is 17.2 Å². The number of carbonyl (C=O) groups excluding carboxylic acids is 1. The van der Waals surface area contributed by atoms with Crippen LogP contribution in [0.3, 0.4) is 0 Å². The largest absolute Gasteiger partial charge is 0.491 e. The molecule has 0 aliphatic carbocycles. The van der Waals surface area contributed by atoms with Crippen LogP contribution in [0.15, 0.2) is 78.9 Å². The number of nitrogens with one attached hydrogen (secondary N) is 2. The first-order valence-electron chi connectivity index (χ1n) is 11.5. The Hall–Kier alpha value is -3.71. The number of para-hydroxylation sites is 3. The normalized spacial score (nSPS) is 14.9. The first-order chi connectivity index (χ1) is 16.8. The third-order valence-corrected chi connectivity index (χ3v) is 5.28. The van der Waals surface area contributed by atoms with E-state index in [1.54, 1.807) is 0 Å². The van der Waals surface area contributed by atoms with Crippen LogP contribution in [0.4, 0.5) is 11.4 Å². The van der Waals surface area contributed by atoms with Gasteiger partial charge < -0.3 is 29.6 Å². The van der Waals surface area contributed by atoms with E-state index < -0.39 is 0 Å². The first-order valence-corrected chi connectivity index (χ1v) is 11.5. The fraction of sp³-hybridized carbons (Fsp3) is 0.296. The lowest BCUT2D eigenvalue weighted by Crippen LogP contribution is -2.22. The minimum Gasteiger partial charge on any atom is -0.491 e. The molecule has 2 N–H and O–H groups in total. The van der Waals surface area contributed by atoms with Gasteiger partial charge in [-0.1, -0.05) is 30.3 Å². The van der Waals surface area contributed by atoms with Crippen molar-refractivity contribution in [2.24, 2.45) is 0 Å². The molecule has 1 aliphatic heterocycles. The maximum absolute atomic E-state index is 12.5. The maximum Gasteiger partial charge on any atom is 0.243 e. The topological polar surface area (TPSA) is 78.1 Å². The molecule has 1 aliphatic rings. The first kappa shape index (κ1) is 23.4. The van der Waals surface area contributed by atoms with Crippen molar-refractivity contribution >= 4 is 17.3 Å². The molecule has 1 unspecified atom stereocenters. The molecule has 0 aromatic heterocycles. The number of carbonyl (C=O) groups is 1. The van der Waals surface area contributed by atoms with Gasteiger partial charge in [0.25, 0.3) is 0 Å². The van der Waals surface area contributed by atoms with Gasteiger partial charge in [0, 0.05) is 12.3 Å². The highest BCUT2D eigenvalue weighted by molar-refractivity contribution is 5.95. The van der Waals surface area contributed by atoms with Gasteiger partial charge in [-0.15, -0.1) is 0 Å². The van der Waals surface area contributed by atoms with Gasteiger partial charge >= 0.3 is 0 Å². The molecule has 34 heavy (non-hydrogen) atoms. The van der Waals surface area contributed by atoms with Gasteiger partial charge in [0.15, 0.2) is 0 Å². The summed E-state index contributed by atoms with van der Waals surface area (Å²) in [6, 6.07) is 24.5. The van der Waals surface area contributed by atoms with Crippen molar-refractivity contribution in [2.45, 2.75) is 18.9 Å². The molecule has 1 amide bonds. The van der Waals surface area contributed by atoms with Crippen molar-refractivity contribution in [1.82, 2.24) is 0 Å². The minimum atomic E-state index is -0.171. The van der Waals surface area contributed by atoms with Crippen LogP contribution in [0.2, 0.25) is 0 Å². The Morgan fingerprint density at radius 2 is 1.59 bits per heavy atom. The summed E-state index contributed by atoms with van der Waals surface area (Å²) >= 11 is 0. The van der Waals surface area contributed by atoms with Crippen LogP contribution < -0.4 is 24.8 Å². The lowest BCUT2D eigenvalue weighted by molar-refractivity contribution is -0.114.